The molecule has 2 amide bonds. The third kappa shape index (κ3) is 7.77. The molecule has 0 spiro atoms. The van der Waals surface area contributed by atoms with Crippen molar-refractivity contribution in [2.75, 3.05) is 18.2 Å². The standard InChI is InChI=1S/C25H28Cl3N5O3S/c1-5-33-23(20(10-14(2)3)30-24(35)17-8-6-15(26)11-18(17)28)31-32-25(33)37-13-22(34)29-19-12-16(27)7-9-21(19)36-4/h6-9,11-12,14,20H,5,10,13H2,1-4H3,(H,29,34)(H,30,35)/t20-/m1/s1. The van der Waals surface area contributed by atoms with Crippen LogP contribution in [0.5, 0.6) is 5.75 Å². The van der Waals surface area contributed by atoms with Gasteiger partial charge in [-0.15, -0.1) is 10.2 Å². The van der Waals surface area contributed by atoms with Crippen LogP contribution in [0.2, 0.25) is 15.1 Å². The second-order valence-corrected chi connectivity index (χ2v) is 10.8. The van der Waals surface area contributed by atoms with Crippen molar-refractivity contribution in [2.24, 2.45) is 5.92 Å². The lowest BCUT2D eigenvalue weighted by Gasteiger charge is -2.21. The van der Waals surface area contributed by atoms with Gasteiger partial charge in [0, 0.05) is 16.6 Å². The summed E-state index contributed by atoms with van der Waals surface area (Å²) in [6.45, 7) is 6.63. The van der Waals surface area contributed by atoms with E-state index in [1.54, 1.807) is 30.3 Å². The average molecular weight is 585 g/mol. The SMILES string of the molecule is CCn1c(SCC(=O)Nc2cc(Cl)ccc2OC)nnc1[C@@H](CC(C)C)NC(=O)c1ccc(Cl)cc1Cl. The van der Waals surface area contributed by atoms with Gasteiger partial charge < -0.3 is 19.9 Å². The Kier molecular flexibility index (Phi) is 10.5. The largest absolute Gasteiger partial charge is 0.495 e. The quantitative estimate of drug-likeness (QED) is 0.249. The molecule has 0 bridgehead atoms. The summed E-state index contributed by atoms with van der Waals surface area (Å²) in [6, 6.07) is 9.32. The van der Waals surface area contributed by atoms with E-state index in [0.717, 1.165) is 0 Å². The van der Waals surface area contributed by atoms with Crippen molar-refractivity contribution in [1.82, 2.24) is 20.1 Å². The van der Waals surface area contributed by atoms with Crippen molar-refractivity contribution >= 4 is 64.1 Å². The zero-order valence-electron chi connectivity index (χ0n) is 20.8. The van der Waals surface area contributed by atoms with Crippen LogP contribution in [0.25, 0.3) is 0 Å². The molecule has 0 saturated heterocycles. The molecule has 37 heavy (non-hydrogen) atoms. The number of aromatic nitrogens is 3. The molecule has 0 aliphatic heterocycles. The van der Waals surface area contributed by atoms with Crippen molar-refractivity contribution in [3.05, 3.63) is 62.9 Å². The number of nitrogens with zero attached hydrogens (tertiary/aromatic N) is 3. The van der Waals surface area contributed by atoms with Gasteiger partial charge in [-0.1, -0.05) is 60.4 Å². The monoisotopic (exact) mass is 583 g/mol. The van der Waals surface area contributed by atoms with E-state index in [9.17, 15) is 9.59 Å². The Hall–Kier alpha value is -2.46. The Morgan fingerprint density at radius 3 is 2.43 bits per heavy atom. The number of anilines is 1. The Morgan fingerprint density at radius 1 is 1.08 bits per heavy atom. The second-order valence-electron chi connectivity index (χ2n) is 8.55. The molecule has 2 aromatic carbocycles. The van der Waals surface area contributed by atoms with E-state index < -0.39 is 6.04 Å². The average Bonchev–Trinajstić information content (AvgIpc) is 3.25. The molecule has 3 rings (SSSR count). The van der Waals surface area contributed by atoms with Crippen LogP contribution in [0.4, 0.5) is 5.69 Å². The van der Waals surface area contributed by atoms with Crippen LogP contribution in [0, 0.1) is 5.92 Å². The topological polar surface area (TPSA) is 98.1 Å². The second kappa shape index (κ2) is 13.4. The maximum atomic E-state index is 13.0. The molecule has 2 N–H and O–H groups in total. The van der Waals surface area contributed by atoms with E-state index in [-0.39, 0.29) is 28.5 Å². The highest BCUT2D eigenvalue weighted by Gasteiger charge is 2.25. The molecule has 3 aromatic rings. The fourth-order valence-electron chi connectivity index (χ4n) is 3.67. The molecule has 0 aliphatic carbocycles. The minimum Gasteiger partial charge on any atom is -0.495 e. The summed E-state index contributed by atoms with van der Waals surface area (Å²) >= 11 is 19.5. The number of carbonyl (C=O) groups excluding carboxylic acids is 2. The van der Waals surface area contributed by atoms with Crippen LogP contribution >= 0.6 is 46.6 Å². The number of carbonyl (C=O) groups is 2. The van der Waals surface area contributed by atoms with Gasteiger partial charge in [-0.3, -0.25) is 9.59 Å². The van der Waals surface area contributed by atoms with Crippen molar-refractivity contribution in [3.8, 4) is 5.75 Å². The number of halogens is 3. The van der Waals surface area contributed by atoms with Crippen LogP contribution in [0.1, 0.15) is 49.4 Å². The van der Waals surface area contributed by atoms with E-state index >= 15 is 0 Å². The molecule has 1 atom stereocenters. The Labute approximate surface area is 235 Å². The van der Waals surface area contributed by atoms with Crippen LogP contribution in [0.15, 0.2) is 41.6 Å². The molecule has 0 aliphatic rings. The van der Waals surface area contributed by atoms with E-state index in [2.05, 4.69) is 34.7 Å². The summed E-state index contributed by atoms with van der Waals surface area (Å²) in [7, 11) is 1.52. The summed E-state index contributed by atoms with van der Waals surface area (Å²) < 4.78 is 7.18. The summed E-state index contributed by atoms with van der Waals surface area (Å²) in [6.07, 6.45) is 0.634. The van der Waals surface area contributed by atoms with Gasteiger partial charge in [0.1, 0.15) is 5.75 Å². The summed E-state index contributed by atoms with van der Waals surface area (Å²) in [5, 5.41) is 16.3. The molecular formula is C25H28Cl3N5O3S. The minimum absolute atomic E-state index is 0.0926. The van der Waals surface area contributed by atoms with Gasteiger partial charge in [0.2, 0.25) is 5.91 Å². The van der Waals surface area contributed by atoms with Crippen molar-refractivity contribution < 1.29 is 14.3 Å². The molecular weight excluding hydrogens is 557 g/mol. The zero-order chi connectivity index (χ0) is 27.1. The predicted octanol–water partition coefficient (Wildman–Crippen LogP) is 6.51. The fraction of sp³-hybridized carbons (Fsp3) is 0.360. The highest BCUT2D eigenvalue weighted by atomic mass is 35.5. The first-order valence-electron chi connectivity index (χ1n) is 11.6. The first kappa shape index (κ1) is 29.1. The van der Waals surface area contributed by atoms with Gasteiger partial charge in [0.05, 0.1) is 35.2 Å². The predicted molar refractivity (Wildman–Crippen MR) is 149 cm³/mol. The number of hydrogen-bond donors (Lipinski definition) is 2. The molecule has 1 aromatic heterocycles. The Morgan fingerprint density at radius 2 is 1.78 bits per heavy atom. The van der Waals surface area contributed by atoms with Crippen LogP contribution < -0.4 is 15.4 Å². The third-order valence-electron chi connectivity index (χ3n) is 5.33. The van der Waals surface area contributed by atoms with E-state index in [0.29, 0.717) is 51.0 Å². The maximum absolute atomic E-state index is 13.0. The highest BCUT2D eigenvalue weighted by molar-refractivity contribution is 7.99. The number of amides is 2. The normalized spacial score (nSPS) is 11.9. The molecule has 0 unspecified atom stereocenters. The van der Waals surface area contributed by atoms with Gasteiger partial charge in [-0.2, -0.15) is 0 Å². The molecule has 1 heterocycles. The maximum Gasteiger partial charge on any atom is 0.253 e. The lowest BCUT2D eigenvalue weighted by Crippen LogP contribution is -2.32. The smallest absolute Gasteiger partial charge is 0.253 e. The number of thioether (sulfide) groups is 1. The van der Waals surface area contributed by atoms with E-state index in [4.69, 9.17) is 39.5 Å². The first-order chi connectivity index (χ1) is 17.6. The number of hydrogen-bond acceptors (Lipinski definition) is 6. The van der Waals surface area contributed by atoms with E-state index in [1.165, 1.54) is 24.9 Å². The van der Waals surface area contributed by atoms with Crippen LogP contribution in [-0.4, -0.2) is 39.4 Å². The zero-order valence-corrected chi connectivity index (χ0v) is 23.9. The Bertz CT molecular complexity index is 1270. The molecule has 8 nitrogen and oxygen atoms in total. The van der Waals surface area contributed by atoms with Crippen LogP contribution in [-0.2, 0) is 11.3 Å². The van der Waals surface area contributed by atoms with Crippen molar-refractivity contribution in [3.63, 3.8) is 0 Å². The fourth-order valence-corrected chi connectivity index (χ4v) is 5.14. The molecule has 0 saturated carbocycles. The van der Waals surface area contributed by atoms with Gasteiger partial charge in [0.15, 0.2) is 11.0 Å². The summed E-state index contributed by atoms with van der Waals surface area (Å²) in [5.74, 6) is 0.894. The lowest BCUT2D eigenvalue weighted by atomic mass is 10.0. The number of ether oxygens (including phenoxy) is 1. The Balaban J connectivity index is 1.76. The molecule has 0 fully saturated rings. The number of benzene rings is 2. The number of rotatable bonds is 11. The summed E-state index contributed by atoms with van der Waals surface area (Å²) in [4.78, 5) is 25.7. The summed E-state index contributed by atoms with van der Waals surface area (Å²) in [5.41, 5.74) is 0.809. The first-order valence-corrected chi connectivity index (χ1v) is 13.7. The van der Waals surface area contributed by atoms with Gasteiger partial charge in [-0.25, -0.2) is 0 Å². The molecule has 198 valence electrons. The van der Waals surface area contributed by atoms with E-state index in [1.807, 2.05) is 11.5 Å². The number of nitrogens with one attached hydrogen (secondary N) is 2. The lowest BCUT2D eigenvalue weighted by molar-refractivity contribution is -0.113. The van der Waals surface area contributed by atoms with Crippen molar-refractivity contribution in [2.45, 2.75) is 44.9 Å². The molecule has 12 heteroatoms. The minimum atomic E-state index is -0.411. The number of methoxy groups -OCH3 is 1. The van der Waals surface area contributed by atoms with Gasteiger partial charge >= 0.3 is 0 Å². The third-order valence-corrected chi connectivity index (χ3v) is 7.08. The van der Waals surface area contributed by atoms with Gasteiger partial charge in [-0.05, 0) is 55.7 Å². The van der Waals surface area contributed by atoms with Crippen LogP contribution in [0.3, 0.4) is 0 Å². The molecule has 0 radical (unpaired) electrons. The van der Waals surface area contributed by atoms with Gasteiger partial charge in [0.25, 0.3) is 5.91 Å². The van der Waals surface area contributed by atoms with Crippen molar-refractivity contribution in [1.29, 1.82) is 0 Å². The highest BCUT2D eigenvalue weighted by Crippen LogP contribution is 2.29.